The van der Waals surface area contributed by atoms with Gasteiger partial charge in [0.05, 0.1) is 6.54 Å². The molecule has 2 heterocycles. The van der Waals surface area contributed by atoms with Crippen LogP contribution in [-0.2, 0) is 9.59 Å². The van der Waals surface area contributed by atoms with E-state index in [0.29, 0.717) is 12.3 Å². The number of carbonyl (C=O) groups is 2. The summed E-state index contributed by atoms with van der Waals surface area (Å²) in [6.07, 6.45) is 8.95. The number of carbonyl (C=O) groups excluding carboxylic acids is 2. The summed E-state index contributed by atoms with van der Waals surface area (Å²) < 4.78 is 0. The Kier molecular flexibility index (Phi) is 7.82. The fourth-order valence-corrected chi connectivity index (χ4v) is 4.48. The molecule has 2 amide bonds. The SMILES string of the molecule is Cl.O=C(CC1CCCCC1)NCC(=O)N1CC[C@@H]2CNC[C@@H]2CC1. The van der Waals surface area contributed by atoms with Crippen molar-refractivity contribution in [2.24, 2.45) is 17.8 Å². The average Bonchev–Trinajstić information content (AvgIpc) is 2.92. The maximum Gasteiger partial charge on any atom is 0.241 e. The highest BCUT2D eigenvalue weighted by atomic mass is 35.5. The zero-order valence-corrected chi connectivity index (χ0v) is 15.4. The molecule has 1 saturated carbocycles. The predicted octanol–water partition coefficient (Wildman–Crippen LogP) is 1.95. The zero-order valence-electron chi connectivity index (χ0n) is 14.6. The van der Waals surface area contributed by atoms with Crippen molar-refractivity contribution in [2.45, 2.75) is 51.4 Å². The van der Waals surface area contributed by atoms with Gasteiger partial charge in [-0.3, -0.25) is 9.59 Å². The van der Waals surface area contributed by atoms with E-state index >= 15 is 0 Å². The smallest absolute Gasteiger partial charge is 0.241 e. The van der Waals surface area contributed by atoms with E-state index in [1.165, 1.54) is 32.1 Å². The number of rotatable bonds is 4. The van der Waals surface area contributed by atoms with Crippen molar-refractivity contribution < 1.29 is 9.59 Å². The van der Waals surface area contributed by atoms with E-state index in [4.69, 9.17) is 0 Å². The minimum atomic E-state index is 0. The minimum absolute atomic E-state index is 0. The first-order valence-electron chi connectivity index (χ1n) is 9.47. The van der Waals surface area contributed by atoms with Gasteiger partial charge >= 0.3 is 0 Å². The summed E-state index contributed by atoms with van der Waals surface area (Å²) in [4.78, 5) is 26.4. The highest BCUT2D eigenvalue weighted by molar-refractivity contribution is 5.85. The number of nitrogens with zero attached hydrogens (tertiary/aromatic N) is 1. The molecule has 0 radical (unpaired) electrons. The topological polar surface area (TPSA) is 61.4 Å². The van der Waals surface area contributed by atoms with Crippen LogP contribution in [0.25, 0.3) is 0 Å². The van der Waals surface area contributed by atoms with Crippen LogP contribution >= 0.6 is 12.4 Å². The number of nitrogens with one attached hydrogen (secondary N) is 2. The van der Waals surface area contributed by atoms with Crippen LogP contribution in [0.5, 0.6) is 0 Å². The minimum Gasteiger partial charge on any atom is -0.347 e. The molecule has 0 aromatic heterocycles. The number of halogens is 1. The van der Waals surface area contributed by atoms with E-state index in [2.05, 4.69) is 10.6 Å². The summed E-state index contributed by atoms with van der Waals surface area (Å²) in [6.45, 7) is 4.08. The van der Waals surface area contributed by atoms with E-state index < -0.39 is 0 Å². The summed E-state index contributed by atoms with van der Waals surface area (Å²) in [5.41, 5.74) is 0. The molecule has 1 aliphatic carbocycles. The van der Waals surface area contributed by atoms with Crippen LogP contribution in [0.2, 0.25) is 0 Å². The first-order chi connectivity index (χ1) is 11.2. The summed E-state index contributed by atoms with van der Waals surface area (Å²) in [5.74, 6) is 2.14. The Morgan fingerprint density at radius 1 is 0.958 bits per heavy atom. The molecule has 5 nitrogen and oxygen atoms in total. The number of likely N-dealkylation sites (tertiary alicyclic amines) is 1. The fraction of sp³-hybridized carbons (Fsp3) is 0.889. The van der Waals surface area contributed by atoms with Gasteiger partial charge in [0, 0.05) is 19.5 Å². The van der Waals surface area contributed by atoms with Crippen molar-refractivity contribution in [3.63, 3.8) is 0 Å². The van der Waals surface area contributed by atoms with Gasteiger partial charge < -0.3 is 15.5 Å². The quantitative estimate of drug-likeness (QED) is 0.808. The molecule has 0 aromatic rings. The van der Waals surface area contributed by atoms with Crippen molar-refractivity contribution in [1.82, 2.24) is 15.5 Å². The second kappa shape index (κ2) is 9.62. The van der Waals surface area contributed by atoms with Gasteiger partial charge in [0.2, 0.25) is 11.8 Å². The van der Waals surface area contributed by atoms with Gasteiger partial charge in [-0.15, -0.1) is 12.4 Å². The molecule has 6 heteroatoms. The molecule has 3 fully saturated rings. The molecule has 138 valence electrons. The van der Waals surface area contributed by atoms with Crippen molar-refractivity contribution in [3.05, 3.63) is 0 Å². The Balaban J connectivity index is 0.00000208. The summed E-state index contributed by atoms with van der Waals surface area (Å²) >= 11 is 0. The van der Waals surface area contributed by atoms with Crippen LogP contribution in [0.15, 0.2) is 0 Å². The molecule has 0 spiro atoms. The standard InChI is InChI=1S/C18H31N3O2.ClH/c22-17(10-14-4-2-1-3-5-14)20-13-18(23)21-8-6-15-11-19-12-16(15)7-9-21;/h14-16,19H,1-13H2,(H,20,22);1H/t15-,16+;. The molecule has 0 bridgehead atoms. The first kappa shape index (κ1) is 19.5. The van der Waals surface area contributed by atoms with Crippen molar-refractivity contribution in [3.8, 4) is 0 Å². The average molecular weight is 358 g/mol. The van der Waals surface area contributed by atoms with Gasteiger partial charge in [0.15, 0.2) is 0 Å². The normalized spacial score (nSPS) is 27.8. The Bertz CT molecular complexity index is 412. The summed E-state index contributed by atoms with van der Waals surface area (Å²) in [5, 5.41) is 6.31. The predicted molar refractivity (Wildman–Crippen MR) is 97.1 cm³/mol. The molecule has 24 heavy (non-hydrogen) atoms. The second-order valence-electron chi connectivity index (χ2n) is 7.62. The van der Waals surface area contributed by atoms with Crippen LogP contribution in [0.1, 0.15) is 51.4 Å². The lowest BCUT2D eigenvalue weighted by Gasteiger charge is -2.23. The Morgan fingerprint density at radius 2 is 1.58 bits per heavy atom. The molecule has 2 atom stereocenters. The zero-order chi connectivity index (χ0) is 16.1. The van der Waals surface area contributed by atoms with E-state index in [-0.39, 0.29) is 30.8 Å². The molecular weight excluding hydrogens is 326 g/mol. The third-order valence-electron chi connectivity index (χ3n) is 6.01. The number of fused-ring (bicyclic) bond motifs is 1. The van der Waals surface area contributed by atoms with Crippen molar-refractivity contribution in [2.75, 3.05) is 32.7 Å². The second-order valence-corrected chi connectivity index (χ2v) is 7.62. The van der Waals surface area contributed by atoms with E-state index in [1.807, 2.05) is 4.90 Å². The van der Waals surface area contributed by atoms with E-state index in [9.17, 15) is 9.59 Å². The number of hydrogen-bond donors (Lipinski definition) is 2. The highest BCUT2D eigenvalue weighted by Gasteiger charge is 2.31. The number of amides is 2. The maximum atomic E-state index is 12.4. The van der Waals surface area contributed by atoms with E-state index in [0.717, 1.165) is 50.9 Å². The molecule has 3 aliphatic rings. The monoisotopic (exact) mass is 357 g/mol. The van der Waals surface area contributed by atoms with Crippen LogP contribution < -0.4 is 10.6 Å². The molecule has 3 rings (SSSR count). The van der Waals surface area contributed by atoms with Crippen LogP contribution in [0, 0.1) is 17.8 Å². The highest BCUT2D eigenvalue weighted by Crippen LogP contribution is 2.27. The lowest BCUT2D eigenvalue weighted by atomic mass is 9.87. The Hall–Kier alpha value is -0.810. The van der Waals surface area contributed by atoms with Crippen LogP contribution in [0.4, 0.5) is 0 Å². The number of hydrogen-bond acceptors (Lipinski definition) is 3. The lowest BCUT2D eigenvalue weighted by Crippen LogP contribution is -2.41. The maximum absolute atomic E-state index is 12.4. The Morgan fingerprint density at radius 3 is 2.21 bits per heavy atom. The van der Waals surface area contributed by atoms with Gasteiger partial charge in [-0.25, -0.2) is 0 Å². The third-order valence-corrected chi connectivity index (χ3v) is 6.01. The van der Waals surface area contributed by atoms with Crippen LogP contribution in [-0.4, -0.2) is 49.4 Å². The largest absolute Gasteiger partial charge is 0.347 e. The molecular formula is C18H32ClN3O2. The van der Waals surface area contributed by atoms with Crippen molar-refractivity contribution in [1.29, 1.82) is 0 Å². The first-order valence-corrected chi connectivity index (χ1v) is 9.47. The third kappa shape index (κ3) is 5.35. The fourth-order valence-electron chi connectivity index (χ4n) is 4.48. The van der Waals surface area contributed by atoms with Gasteiger partial charge in [-0.05, 0) is 56.5 Å². The molecule has 2 saturated heterocycles. The van der Waals surface area contributed by atoms with Gasteiger partial charge in [-0.2, -0.15) is 0 Å². The Labute approximate surface area is 151 Å². The molecule has 0 aromatic carbocycles. The van der Waals surface area contributed by atoms with Gasteiger partial charge in [0.25, 0.3) is 0 Å². The van der Waals surface area contributed by atoms with Crippen molar-refractivity contribution >= 4 is 24.2 Å². The lowest BCUT2D eigenvalue weighted by molar-refractivity contribution is -0.133. The molecule has 2 N–H and O–H groups in total. The van der Waals surface area contributed by atoms with Gasteiger partial charge in [-0.1, -0.05) is 19.3 Å². The molecule has 2 aliphatic heterocycles. The summed E-state index contributed by atoms with van der Waals surface area (Å²) in [6, 6.07) is 0. The van der Waals surface area contributed by atoms with Gasteiger partial charge in [0.1, 0.15) is 0 Å². The summed E-state index contributed by atoms with van der Waals surface area (Å²) in [7, 11) is 0. The molecule has 0 unspecified atom stereocenters. The van der Waals surface area contributed by atoms with E-state index in [1.54, 1.807) is 0 Å². The van der Waals surface area contributed by atoms with Crippen LogP contribution in [0.3, 0.4) is 0 Å².